The van der Waals surface area contributed by atoms with Crippen LogP contribution in [0.15, 0.2) is 67.0 Å². The van der Waals surface area contributed by atoms with Gasteiger partial charge < -0.3 is 25.6 Å². The Labute approximate surface area is 198 Å². The van der Waals surface area contributed by atoms with Crippen LogP contribution >= 0.6 is 0 Å². The van der Waals surface area contributed by atoms with Crippen molar-refractivity contribution in [3.05, 3.63) is 78.2 Å². The molecular formula is C24H23F3N4O4. The number of alkyl halides is 3. The number of hydrogen-bond acceptors (Lipinski definition) is 7. The van der Waals surface area contributed by atoms with E-state index in [0.29, 0.717) is 11.8 Å². The molecule has 0 saturated carbocycles. The van der Waals surface area contributed by atoms with Crippen LogP contribution in [0.1, 0.15) is 16.1 Å². The second-order valence-electron chi connectivity index (χ2n) is 8.04. The zero-order valence-electron chi connectivity index (χ0n) is 18.3. The van der Waals surface area contributed by atoms with Gasteiger partial charge in [0.1, 0.15) is 24.1 Å². The third-order valence-corrected chi connectivity index (χ3v) is 5.61. The molecule has 1 aliphatic heterocycles. The van der Waals surface area contributed by atoms with Gasteiger partial charge in [0.2, 0.25) is 0 Å². The molecule has 4 N–H and O–H groups in total. The van der Waals surface area contributed by atoms with Gasteiger partial charge in [-0.25, -0.2) is 4.98 Å². The number of benzene rings is 2. The maximum Gasteiger partial charge on any atom is 0.434 e. The summed E-state index contributed by atoms with van der Waals surface area (Å²) in [5.74, 6) is -0.597. The molecule has 8 nitrogen and oxygen atoms in total. The fraction of sp³-hybridized carbons (Fsp3) is 0.292. The van der Waals surface area contributed by atoms with Crippen molar-refractivity contribution >= 4 is 11.7 Å². The van der Waals surface area contributed by atoms with Gasteiger partial charge in [0.25, 0.3) is 5.91 Å². The first kappa shape index (κ1) is 24.6. The molecule has 0 spiro atoms. The van der Waals surface area contributed by atoms with E-state index >= 15 is 0 Å². The molecule has 1 saturated heterocycles. The first-order valence-corrected chi connectivity index (χ1v) is 10.8. The Balaban J connectivity index is 1.31. The number of amides is 1. The van der Waals surface area contributed by atoms with Crippen LogP contribution in [0.2, 0.25) is 0 Å². The van der Waals surface area contributed by atoms with Gasteiger partial charge in [-0.05, 0) is 23.3 Å². The molecule has 0 bridgehead atoms. The summed E-state index contributed by atoms with van der Waals surface area (Å²) in [6.45, 7) is -0.212. The summed E-state index contributed by atoms with van der Waals surface area (Å²) in [6, 6.07) is 15.8. The van der Waals surface area contributed by atoms with E-state index in [4.69, 9.17) is 4.74 Å². The van der Waals surface area contributed by atoms with E-state index in [1.54, 1.807) is 12.1 Å². The lowest BCUT2D eigenvalue weighted by Crippen LogP contribution is -2.58. The van der Waals surface area contributed by atoms with E-state index in [0.717, 1.165) is 17.3 Å². The Bertz CT molecular complexity index is 1150. The summed E-state index contributed by atoms with van der Waals surface area (Å²) < 4.78 is 44.0. The highest BCUT2D eigenvalue weighted by atomic mass is 19.4. The summed E-state index contributed by atoms with van der Waals surface area (Å²) in [5.41, 5.74) is 1.21. The van der Waals surface area contributed by atoms with Gasteiger partial charge in [-0.3, -0.25) is 9.78 Å². The fourth-order valence-corrected chi connectivity index (χ4v) is 3.69. The van der Waals surface area contributed by atoms with Crippen LogP contribution in [0.3, 0.4) is 0 Å². The second kappa shape index (κ2) is 10.4. The minimum Gasteiger partial charge on any atom is -0.388 e. The molecule has 11 heteroatoms. The Morgan fingerprint density at radius 1 is 1.00 bits per heavy atom. The van der Waals surface area contributed by atoms with Crippen LogP contribution in [0.25, 0.3) is 11.1 Å². The molecule has 4 rings (SSSR count). The number of nitrogens with zero attached hydrogens (tertiary/aromatic N) is 2. The Hall–Kier alpha value is -3.54. The van der Waals surface area contributed by atoms with Gasteiger partial charge in [-0.2, -0.15) is 13.2 Å². The molecule has 0 aliphatic carbocycles. The van der Waals surface area contributed by atoms with Crippen LogP contribution in [0, 0.1) is 0 Å². The van der Waals surface area contributed by atoms with E-state index in [9.17, 15) is 28.2 Å². The molecule has 1 aromatic heterocycles. The van der Waals surface area contributed by atoms with Crippen molar-refractivity contribution in [2.24, 2.45) is 0 Å². The Kier molecular flexibility index (Phi) is 7.29. The van der Waals surface area contributed by atoms with E-state index in [1.165, 1.54) is 0 Å². The average Bonchev–Trinajstić information content (AvgIpc) is 2.86. The molecule has 0 unspecified atom stereocenters. The highest BCUT2D eigenvalue weighted by Crippen LogP contribution is 2.28. The quantitative estimate of drug-likeness (QED) is 0.421. The maximum atomic E-state index is 12.8. The van der Waals surface area contributed by atoms with Crippen molar-refractivity contribution in [1.82, 2.24) is 15.3 Å². The topological polar surface area (TPSA) is 117 Å². The largest absolute Gasteiger partial charge is 0.434 e. The van der Waals surface area contributed by atoms with E-state index < -0.39 is 36.2 Å². The number of aliphatic hydroxyl groups is 2. The molecule has 184 valence electrons. The number of rotatable bonds is 6. The van der Waals surface area contributed by atoms with Crippen molar-refractivity contribution < 1.29 is 32.9 Å². The number of nitrogens with one attached hydrogen (secondary N) is 2. The lowest BCUT2D eigenvalue weighted by molar-refractivity contribution is -0.141. The van der Waals surface area contributed by atoms with Gasteiger partial charge in [-0.1, -0.05) is 42.5 Å². The summed E-state index contributed by atoms with van der Waals surface area (Å²) in [4.78, 5) is 19.4. The smallest absolute Gasteiger partial charge is 0.388 e. The van der Waals surface area contributed by atoms with Gasteiger partial charge in [0.05, 0.1) is 25.0 Å². The standard InChI is InChI=1S/C24H23F3N4O4/c25-24(26,27)19-11-28-12-20(31-19)30-17-13-35-18(22(33)21(17)32)10-29-23(34)16-8-6-15(7-9-16)14-4-2-1-3-5-14/h1-9,11-12,17-18,21-22,32-33H,10,13H2,(H,29,34)(H,30,31)/t17-,18+,21+,22-/m0/s1. The molecule has 1 fully saturated rings. The molecule has 4 atom stereocenters. The van der Waals surface area contributed by atoms with Crippen molar-refractivity contribution in [3.8, 4) is 11.1 Å². The predicted molar refractivity (Wildman–Crippen MR) is 120 cm³/mol. The van der Waals surface area contributed by atoms with Gasteiger partial charge >= 0.3 is 6.18 Å². The Morgan fingerprint density at radius 2 is 1.69 bits per heavy atom. The fourth-order valence-electron chi connectivity index (χ4n) is 3.69. The van der Waals surface area contributed by atoms with E-state index in [1.807, 2.05) is 42.5 Å². The third kappa shape index (κ3) is 5.94. The van der Waals surface area contributed by atoms with E-state index in [2.05, 4.69) is 20.6 Å². The number of carbonyl (C=O) groups excluding carboxylic acids is 1. The number of halogens is 3. The summed E-state index contributed by atoms with van der Waals surface area (Å²) in [6.07, 6.45) is -6.71. The van der Waals surface area contributed by atoms with Crippen LogP contribution < -0.4 is 10.6 Å². The Morgan fingerprint density at radius 3 is 2.37 bits per heavy atom. The third-order valence-electron chi connectivity index (χ3n) is 5.61. The van der Waals surface area contributed by atoms with Crippen molar-refractivity contribution in [2.45, 2.75) is 30.5 Å². The first-order valence-electron chi connectivity index (χ1n) is 10.8. The average molecular weight is 488 g/mol. The van der Waals surface area contributed by atoms with Crippen LogP contribution in [-0.2, 0) is 10.9 Å². The minimum atomic E-state index is -4.67. The molecule has 35 heavy (non-hydrogen) atoms. The minimum absolute atomic E-state index is 0.0758. The molecule has 3 aromatic rings. The molecule has 2 aromatic carbocycles. The molecule has 0 radical (unpaired) electrons. The number of anilines is 1. The zero-order valence-corrected chi connectivity index (χ0v) is 18.3. The van der Waals surface area contributed by atoms with Crippen molar-refractivity contribution in [2.75, 3.05) is 18.5 Å². The number of carbonyl (C=O) groups is 1. The van der Waals surface area contributed by atoms with Crippen LogP contribution in [0.4, 0.5) is 19.0 Å². The van der Waals surface area contributed by atoms with Crippen LogP contribution in [-0.4, -0.2) is 63.6 Å². The predicted octanol–water partition coefficient (Wildman–Crippen LogP) is 2.49. The number of aliphatic hydroxyl groups excluding tert-OH is 2. The van der Waals surface area contributed by atoms with Gasteiger partial charge in [0.15, 0.2) is 5.69 Å². The van der Waals surface area contributed by atoms with Gasteiger partial charge in [-0.15, -0.1) is 0 Å². The SMILES string of the molecule is O=C(NC[C@H]1OC[C@H](Nc2cncc(C(F)(F)F)n2)[C@@H](O)[C@H]1O)c1ccc(-c2ccccc2)cc1. The van der Waals surface area contributed by atoms with Crippen LogP contribution in [0.5, 0.6) is 0 Å². The maximum absolute atomic E-state index is 12.8. The first-order chi connectivity index (χ1) is 16.7. The number of aromatic nitrogens is 2. The summed E-state index contributed by atoms with van der Waals surface area (Å²) >= 11 is 0. The molecule has 1 amide bonds. The van der Waals surface area contributed by atoms with Crippen molar-refractivity contribution in [1.29, 1.82) is 0 Å². The lowest BCUT2D eigenvalue weighted by atomic mass is 9.97. The lowest BCUT2D eigenvalue weighted by Gasteiger charge is -2.38. The number of ether oxygens (including phenoxy) is 1. The molecular weight excluding hydrogens is 465 g/mol. The van der Waals surface area contributed by atoms with E-state index in [-0.39, 0.29) is 24.9 Å². The monoisotopic (exact) mass is 488 g/mol. The zero-order chi connectivity index (χ0) is 25.0. The number of hydrogen-bond donors (Lipinski definition) is 4. The summed E-state index contributed by atoms with van der Waals surface area (Å²) in [7, 11) is 0. The normalized spacial score (nSPS) is 22.4. The highest BCUT2D eigenvalue weighted by molar-refractivity contribution is 5.94. The van der Waals surface area contributed by atoms with Gasteiger partial charge in [0, 0.05) is 12.1 Å². The molecule has 2 heterocycles. The van der Waals surface area contributed by atoms with Crippen molar-refractivity contribution in [3.63, 3.8) is 0 Å². The summed E-state index contributed by atoms with van der Waals surface area (Å²) in [5, 5.41) is 26.1. The highest BCUT2D eigenvalue weighted by Gasteiger charge is 2.39. The molecule has 1 aliphatic rings. The second-order valence-corrected chi connectivity index (χ2v) is 8.04.